The molecule has 6 heteroatoms. The molecule has 124 valence electrons. The molecule has 2 aromatic rings. The molecule has 0 unspecified atom stereocenters. The number of ether oxygens (including phenoxy) is 1. The van der Waals surface area contributed by atoms with Crippen LogP contribution in [0.1, 0.15) is 26.3 Å². The van der Waals surface area contributed by atoms with E-state index in [1.165, 1.54) is 0 Å². The predicted octanol–water partition coefficient (Wildman–Crippen LogP) is 2.06. The van der Waals surface area contributed by atoms with Crippen molar-refractivity contribution in [3.63, 3.8) is 0 Å². The zero-order valence-electron chi connectivity index (χ0n) is 13.9. The van der Waals surface area contributed by atoms with Crippen LogP contribution in [0.3, 0.4) is 0 Å². The van der Waals surface area contributed by atoms with Gasteiger partial charge in [-0.25, -0.2) is 0 Å². The minimum Gasteiger partial charge on any atom is -0.494 e. The van der Waals surface area contributed by atoms with Gasteiger partial charge in [0, 0.05) is 0 Å². The van der Waals surface area contributed by atoms with Crippen LogP contribution in [0.15, 0.2) is 36.7 Å². The minimum absolute atomic E-state index is 0.0000148. The average Bonchev–Trinajstić information content (AvgIpc) is 3.02. The van der Waals surface area contributed by atoms with Crippen molar-refractivity contribution in [3.8, 4) is 5.75 Å². The van der Waals surface area contributed by atoms with Crippen molar-refractivity contribution >= 4 is 5.91 Å². The molecule has 1 atom stereocenters. The highest BCUT2D eigenvalue weighted by Gasteiger charge is 2.17. The van der Waals surface area contributed by atoms with Crippen molar-refractivity contribution < 1.29 is 9.53 Å². The summed E-state index contributed by atoms with van der Waals surface area (Å²) in [5.41, 5.74) is 0.964. The summed E-state index contributed by atoms with van der Waals surface area (Å²) >= 11 is 0. The molecule has 0 aliphatic rings. The second kappa shape index (κ2) is 8.31. The number of carbonyl (C=O) groups is 1. The van der Waals surface area contributed by atoms with Gasteiger partial charge in [-0.2, -0.15) is 15.0 Å². The van der Waals surface area contributed by atoms with Gasteiger partial charge < -0.3 is 10.1 Å². The summed E-state index contributed by atoms with van der Waals surface area (Å²) in [5, 5.41) is 11.3. The molecule has 1 N–H and O–H groups in total. The smallest absolute Gasteiger partial charge is 0.224 e. The van der Waals surface area contributed by atoms with E-state index in [2.05, 4.69) is 29.4 Å². The zero-order chi connectivity index (χ0) is 16.7. The van der Waals surface area contributed by atoms with Gasteiger partial charge >= 0.3 is 0 Å². The molecule has 1 aromatic carbocycles. The Hall–Kier alpha value is -2.37. The van der Waals surface area contributed by atoms with E-state index in [1.54, 1.807) is 17.2 Å². The number of nitrogens with zero attached hydrogens (tertiary/aromatic N) is 3. The maximum Gasteiger partial charge on any atom is 0.224 e. The summed E-state index contributed by atoms with van der Waals surface area (Å²) in [6.07, 6.45) is 3.63. The van der Waals surface area contributed by atoms with Crippen LogP contribution < -0.4 is 10.1 Å². The van der Waals surface area contributed by atoms with Crippen molar-refractivity contribution in [1.29, 1.82) is 0 Å². The molecular formula is C17H24N4O2. The Labute approximate surface area is 136 Å². The predicted molar refractivity (Wildman–Crippen MR) is 88.1 cm³/mol. The standard InChI is InChI=1S/C17H24N4O2/c1-4-23-15-7-5-14(6-8-15)11-17(22)20-16(13(2)3)12-21-18-9-10-19-21/h5-10,13,16H,4,11-12H2,1-3H3,(H,20,22)/t16-/m1/s1. The van der Waals surface area contributed by atoms with Gasteiger partial charge in [-0.1, -0.05) is 26.0 Å². The van der Waals surface area contributed by atoms with Gasteiger partial charge in [-0.15, -0.1) is 0 Å². The van der Waals surface area contributed by atoms with E-state index in [0.717, 1.165) is 11.3 Å². The third kappa shape index (κ3) is 5.39. The lowest BCUT2D eigenvalue weighted by atomic mass is 10.0. The van der Waals surface area contributed by atoms with Crippen molar-refractivity contribution in [2.45, 2.75) is 39.8 Å². The van der Waals surface area contributed by atoms with Crippen LogP contribution in [0.5, 0.6) is 5.75 Å². The van der Waals surface area contributed by atoms with Crippen molar-refractivity contribution in [1.82, 2.24) is 20.3 Å². The first-order valence-corrected chi connectivity index (χ1v) is 7.93. The highest BCUT2D eigenvalue weighted by Crippen LogP contribution is 2.13. The molecule has 0 fully saturated rings. The first-order valence-electron chi connectivity index (χ1n) is 7.93. The number of carbonyl (C=O) groups excluding carboxylic acids is 1. The Morgan fingerprint density at radius 1 is 1.22 bits per heavy atom. The van der Waals surface area contributed by atoms with E-state index in [9.17, 15) is 4.79 Å². The Bertz CT molecular complexity index is 594. The van der Waals surface area contributed by atoms with Crippen LogP contribution in [0.2, 0.25) is 0 Å². The van der Waals surface area contributed by atoms with Gasteiger partial charge in [0.2, 0.25) is 5.91 Å². The largest absolute Gasteiger partial charge is 0.494 e. The molecule has 0 saturated carbocycles. The van der Waals surface area contributed by atoms with E-state index >= 15 is 0 Å². The molecule has 0 spiro atoms. The second-order valence-electron chi connectivity index (χ2n) is 5.76. The molecule has 1 heterocycles. The number of benzene rings is 1. The third-order valence-corrected chi connectivity index (χ3v) is 3.58. The molecule has 23 heavy (non-hydrogen) atoms. The van der Waals surface area contributed by atoms with Crippen LogP contribution >= 0.6 is 0 Å². The Morgan fingerprint density at radius 3 is 2.43 bits per heavy atom. The number of amides is 1. The Balaban J connectivity index is 1.90. The van der Waals surface area contributed by atoms with Crippen LogP contribution in [0.25, 0.3) is 0 Å². The van der Waals surface area contributed by atoms with Gasteiger partial charge in [0.15, 0.2) is 0 Å². The monoisotopic (exact) mass is 316 g/mol. The molecule has 0 aliphatic carbocycles. The average molecular weight is 316 g/mol. The minimum atomic E-state index is -0.00222. The quantitative estimate of drug-likeness (QED) is 0.809. The van der Waals surface area contributed by atoms with E-state index in [0.29, 0.717) is 25.5 Å². The van der Waals surface area contributed by atoms with Crippen LogP contribution in [0, 0.1) is 5.92 Å². The number of hydrogen-bond donors (Lipinski definition) is 1. The molecule has 1 amide bonds. The molecule has 0 radical (unpaired) electrons. The van der Waals surface area contributed by atoms with Gasteiger partial charge in [-0.3, -0.25) is 4.79 Å². The maximum atomic E-state index is 12.3. The molecule has 0 saturated heterocycles. The molecule has 0 aliphatic heterocycles. The topological polar surface area (TPSA) is 69.0 Å². The second-order valence-corrected chi connectivity index (χ2v) is 5.76. The number of aromatic nitrogens is 3. The molecule has 1 aromatic heterocycles. The summed E-state index contributed by atoms with van der Waals surface area (Å²) in [6, 6.07) is 7.62. The number of rotatable bonds is 8. The van der Waals surface area contributed by atoms with E-state index in [1.807, 2.05) is 31.2 Å². The normalized spacial score (nSPS) is 12.2. The lowest BCUT2D eigenvalue weighted by Gasteiger charge is -2.21. The summed E-state index contributed by atoms with van der Waals surface area (Å²) in [6.45, 7) is 7.30. The number of hydrogen-bond acceptors (Lipinski definition) is 4. The first-order chi connectivity index (χ1) is 11.1. The summed E-state index contributed by atoms with van der Waals surface area (Å²) in [5.74, 6) is 1.12. The lowest BCUT2D eigenvalue weighted by molar-refractivity contribution is -0.121. The van der Waals surface area contributed by atoms with Crippen LogP contribution in [-0.2, 0) is 17.8 Å². The highest BCUT2D eigenvalue weighted by molar-refractivity contribution is 5.78. The molecule has 0 bridgehead atoms. The Morgan fingerprint density at radius 2 is 1.87 bits per heavy atom. The molecular weight excluding hydrogens is 292 g/mol. The van der Waals surface area contributed by atoms with Gasteiger partial charge in [0.25, 0.3) is 0 Å². The van der Waals surface area contributed by atoms with E-state index < -0.39 is 0 Å². The molecule has 6 nitrogen and oxygen atoms in total. The summed E-state index contributed by atoms with van der Waals surface area (Å²) in [7, 11) is 0. The SMILES string of the molecule is CCOc1ccc(CC(=O)N[C@H](Cn2nccn2)C(C)C)cc1. The van der Waals surface area contributed by atoms with Gasteiger partial charge in [0.05, 0.1) is 38.0 Å². The molecule has 2 rings (SSSR count). The maximum absolute atomic E-state index is 12.3. The van der Waals surface area contributed by atoms with Crippen LogP contribution in [0.4, 0.5) is 0 Å². The summed E-state index contributed by atoms with van der Waals surface area (Å²) in [4.78, 5) is 13.9. The highest BCUT2D eigenvalue weighted by atomic mass is 16.5. The van der Waals surface area contributed by atoms with Crippen molar-refractivity contribution in [2.24, 2.45) is 5.92 Å². The van der Waals surface area contributed by atoms with Crippen LogP contribution in [-0.4, -0.2) is 33.5 Å². The van der Waals surface area contributed by atoms with Gasteiger partial charge in [-0.05, 0) is 30.5 Å². The fourth-order valence-electron chi connectivity index (χ4n) is 2.25. The number of nitrogens with one attached hydrogen (secondary N) is 1. The lowest BCUT2D eigenvalue weighted by Crippen LogP contribution is -2.42. The van der Waals surface area contributed by atoms with E-state index in [-0.39, 0.29) is 11.9 Å². The fraction of sp³-hybridized carbons (Fsp3) is 0.471. The van der Waals surface area contributed by atoms with Crippen molar-refractivity contribution in [2.75, 3.05) is 6.61 Å². The fourth-order valence-corrected chi connectivity index (χ4v) is 2.25. The van der Waals surface area contributed by atoms with Crippen molar-refractivity contribution in [3.05, 3.63) is 42.2 Å². The first kappa shape index (κ1) is 17.0. The zero-order valence-corrected chi connectivity index (χ0v) is 13.9. The Kier molecular flexibility index (Phi) is 6.14. The third-order valence-electron chi connectivity index (χ3n) is 3.58. The van der Waals surface area contributed by atoms with E-state index in [4.69, 9.17) is 4.74 Å². The summed E-state index contributed by atoms with van der Waals surface area (Å²) < 4.78 is 5.40. The van der Waals surface area contributed by atoms with Gasteiger partial charge in [0.1, 0.15) is 5.75 Å².